The Morgan fingerprint density at radius 2 is 2.06 bits per heavy atom. The van der Waals surface area contributed by atoms with Gasteiger partial charge in [0.15, 0.2) is 5.78 Å². The Balaban J connectivity index is 0.000000606. The molecule has 0 amide bonds. The number of hydrogen-bond acceptors (Lipinski definition) is 3. The van der Waals surface area contributed by atoms with Crippen LogP contribution in [0, 0.1) is 0 Å². The summed E-state index contributed by atoms with van der Waals surface area (Å²) in [5.74, 6) is 0.0493. The van der Waals surface area contributed by atoms with Crippen molar-refractivity contribution in [1.82, 2.24) is 14.7 Å². The summed E-state index contributed by atoms with van der Waals surface area (Å²) in [4.78, 5) is 13.4. The van der Waals surface area contributed by atoms with Gasteiger partial charge in [-0.25, -0.2) is 0 Å². The Bertz CT molecular complexity index is 357. The van der Waals surface area contributed by atoms with E-state index in [2.05, 4.69) is 17.0 Å². The van der Waals surface area contributed by atoms with Crippen LogP contribution in [-0.2, 0) is 13.1 Å². The van der Waals surface area contributed by atoms with Crippen molar-refractivity contribution in [2.45, 2.75) is 40.3 Å². The molecule has 4 heteroatoms. The van der Waals surface area contributed by atoms with Crippen molar-refractivity contribution >= 4 is 5.78 Å². The molecule has 0 aliphatic carbocycles. The molecule has 2 heterocycles. The maximum Gasteiger partial charge on any atom is 0.179 e. The molecule has 0 N–H and O–H groups in total. The van der Waals surface area contributed by atoms with Gasteiger partial charge < -0.3 is 4.90 Å². The second kappa shape index (κ2) is 5.80. The van der Waals surface area contributed by atoms with Gasteiger partial charge in [-0.05, 0) is 19.5 Å². The quantitative estimate of drug-likeness (QED) is 0.683. The molecule has 0 spiro atoms. The summed E-state index contributed by atoms with van der Waals surface area (Å²) in [6, 6.07) is 1.91. The van der Waals surface area contributed by atoms with Gasteiger partial charge in [0, 0.05) is 26.6 Å². The number of nitrogens with zero attached hydrogens (tertiary/aromatic N) is 3. The molecule has 0 unspecified atom stereocenters. The summed E-state index contributed by atoms with van der Waals surface area (Å²) >= 11 is 0. The second-order valence-corrected chi connectivity index (χ2v) is 3.89. The normalized spacial score (nSPS) is 15.8. The molecule has 0 saturated carbocycles. The number of aromatic nitrogens is 2. The summed E-state index contributed by atoms with van der Waals surface area (Å²) in [6.07, 6.45) is 1.10. The Morgan fingerprint density at radius 1 is 1.38 bits per heavy atom. The summed E-state index contributed by atoms with van der Waals surface area (Å²) in [7, 11) is 2.09. The van der Waals surface area contributed by atoms with E-state index in [0.717, 1.165) is 31.7 Å². The van der Waals surface area contributed by atoms with E-state index in [4.69, 9.17) is 0 Å². The lowest BCUT2D eigenvalue weighted by atomic mass is 10.3. The van der Waals surface area contributed by atoms with Crippen LogP contribution >= 0.6 is 0 Å². The molecule has 4 nitrogen and oxygen atoms in total. The molecule has 0 radical (unpaired) electrons. The van der Waals surface area contributed by atoms with Gasteiger partial charge in [-0.1, -0.05) is 13.8 Å². The minimum Gasteiger partial charge on any atom is -0.300 e. The highest BCUT2D eigenvalue weighted by Crippen LogP contribution is 2.12. The van der Waals surface area contributed by atoms with Crippen LogP contribution in [-0.4, -0.2) is 34.1 Å². The highest BCUT2D eigenvalue weighted by Gasteiger charge is 2.15. The van der Waals surface area contributed by atoms with Gasteiger partial charge in [0.05, 0.1) is 5.69 Å². The van der Waals surface area contributed by atoms with Crippen molar-refractivity contribution in [2.75, 3.05) is 13.6 Å². The molecular formula is C12H21N3O. The molecule has 0 fully saturated rings. The molecule has 0 atom stereocenters. The van der Waals surface area contributed by atoms with Gasteiger partial charge >= 0.3 is 0 Å². The van der Waals surface area contributed by atoms with E-state index < -0.39 is 0 Å². The van der Waals surface area contributed by atoms with E-state index in [-0.39, 0.29) is 5.78 Å². The summed E-state index contributed by atoms with van der Waals surface area (Å²) in [5.41, 5.74) is 1.74. The Kier molecular flexibility index (Phi) is 4.68. The van der Waals surface area contributed by atoms with Gasteiger partial charge in [0.25, 0.3) is 0 Å². The molecule has 1 aromatic rings. The van der Waals surface area contributed by atoms with E-state index in [1.54, 1.807) is 6.92 Å². The number of carbonyl (C=O) groups is 1. The largest absolute Gasteiger partial charge is 0.300 e. The number of ketones is 1. The van der Waals surface area contributed by atoms with Gasteiger partial charge in [-0.15, -0.1) is 0 Å². The minimum atomic E-state index is 0.0493. The van der Waals surface area contributed by atoms with Crippen LogP contribution in [0.5, 0.6) is 0 Å². The zero-order valence-corrected chi connectivity index (χ0v) is 10.7. The van der Waals surface area contributed by atoms with Crippen LogP contribution in [0.1, 0.15) is 43.4 Å². The van der Waals surface area contributed by atoms with E-state index in [1.807, 2.05) is 24.6 Å². The predicted octanol–water partition coefficient (Wildman–Crippen LogP) is 1.95. The maximum atomic E-state index is 11.1. The zero-order chi connectivity index (χ0) is 12.1. The maximum absolute atomic E-state index is 11.1. The first-order valence-electron chi connectivity index (χ1n) is 5.93. The van der Waals surface area contributed by atoms with E-state index in [9.17, 15) is 4.79 Å². The van der Waals surface area contributed by atoms with Crippen molar-refractivity contribution in [2.24, 2.45) is 0 Å². The standard InChI is InChI=1S/C10H15N3O.C2H6/c1-8(14)10-6-9-7-12(2)4-3-5-13(9)11-10;1-2/h6H,3-5,7H2,1-2H3;1-2H3. The monoisotopic (exact) mass is 223 g/mol. The van der Waals surface area contributed by atoms with Crippen molar-refractivity contribution in [3.8, 4) is 0 Å². The second-order valence-electron chi connectivity index (χ2n) is 3.89. The summed E-state index contributed by atoms with van der Waals surface area (Å²) in [5, 5.41) is 4.29. The minimum absolute atomic E-state index is 0.0493. The van der Waals surface area contributed by atoms with Crippen molar-refractivity contribution in [3.63, 3.8) is 0 Å². The van der Waals surface area contributed by atoms with Crippen molar-refractivity contribution in [3.05, 3.63) is 17.5 Å². The lowest BCUT2D eigenvalue weighted by molar-refractivity contribution is 0.101. The molecular weight excluding hydrogens is 202 g/mol. The molecule has 0 saturated heterocycles. The van der Waals surface area contributed by atoms with Crippen molar-refractivity contribution in [1.29, 1.82) is 0 Å². The zero-order valence-electron chi connectivity index (χ0n) is 10.7. The fraction of sp³-hybridized carbons (Fsp3) is 0.667. The SMILES string of the molecule is CC.CC(=O)c1cc2n(n1)CCCN(C)C2. The average molecular weight is 223 g/mol. The van der Waals surface area contributed by atoms with Gasteiger partial charge in [0.1, 0.15) is 5.69 Å². The lowest BCUT2D eigenvalue weighted by Gasteiger charge is -2.10. The molecule has 2 rings (SSSR count). The van der Waals surface area contributed by atoms with Gasteiger partial charge in [0.2, 0.25) is 0 Å². The van der Waals surface area contributed by atoms with Gasteiger partial charge in [-0.2, -0.15) is 5.10 Å². The number of carbonyl (C=O) groups excluding carboxylic acids is 1. The fourth-order valence-corrected chi connectivity index (χ4v) is 1.79. The molecule has 16 heavy (non-hydrogen) atoms. The van der Waals surface area contributed by atoms with E-state index in [0.29, 0.717) is 5.69 Å². The Labute approximate surface area is 97.2 Å². The van der Waals surface area contributed by atoms with Gasteiger partial charge in [-0.3, -0.25) is 9.48 Å². The summed E-state index contributed by atoms with van der Waals surface area (Å²) < 4.78 is 1.96. The van der Waals surface area contributed by atoms with E-state index >= 15 is 0 Å². The third-order valence-corrected chi connectivity index (χ3v) is 2.57. The molecule has 1 aromatic heterocycles. The van der Waals surface area contributed by atoms with Crippen LogP contribution in [0.4, 0.5) is 0 Å². The first-order chi connectivity index (χ1) is 7.66. The third-order valence-electron chi connectivity index (χ3n) is 2.57. The third kappa shape index (κ3) is 2.92. The Hall–Kier alpha value is -1.16. The molecule has 1 aliphatic rings. The van der Waals surface area contributed by atoms with Crippen LogP contribution in [0.25, 0.3) is 0 Å². The Morgan fingerprint density at radius 3 is 2.69 bits per heavy atom. The first kappa shape index (κ1) is 12.9. The smallest absolute Gasteiger partial charge is 0.179 e. The highest BCUT2D eigenvalue weighted by atomic mass is 16.1. The molecule has 0 aromatic carbocycles. The predicted molar refractivity (Wildman–Crippen MR) is 64.5 cm³/mol. The van der Waals surface area contributed by atoms with E-state index in [1.165, 1.54) is 0 Å². The molecule has 90 valence electrons. The average Bonchev–Trinajstić information content (AvgIpc) is 2.57. The summed E-state index contributed by atoms with van der Waals surface area (Å²) in [6.45, 7) is 8.47. The molecule has 1 aliphatic heterocycles. The highest BCUT2D eigenvalue weighted by molar-refractivity contribution is 5.92. The number of aryl methyl sites for hydroxylation is 1. The first-order valence-corrected chi connectivity index (χ1v) is 5.93. The number of fused-ring (bicyclic) bond motifs is 1. The molecule has 0 bridgehead atoms. The topological polar surface area (TPSA) is 38.1 Å². The lowest BCUT2D eigenvalue weighted by Crippen LogP contribution is -2.17. The fourth-order valence-electron chi connectivity index (χ4n) is 1.79. The van der Waals surface area contributed by atoms with Crippen LogP contribution < -0.4 is 0 Å². The van der Waals surface area contributed by atoms with Crippen LogP contribution in [0.15, 0.2) is 6.07 Å². The van der Waals surface area contributed by atoms with Crippen LogP contribution in [0.2, 0.25) is 0 Å². The van der Waals surface area contributed by atoms with Crippen LogP contribution in [0.3, 0.4) is 0 Å². The van der Waals surface area contributed by atoms with Crippen molar-refractivity contribution < 1.29 is 4.79 Å². The number of Topliss-reactive ketones (excluding diaryl/α,β-unsaturated/α-hetero) is 1. The number of hydrogen-bond donors (Lipinski definition) is 0. The number of rotatable bonds is 1.